The van der Waals surface area contributed by atoms with Gasteiger partial charge < -0.3 is 10.1 Å². The van der Waals surface area contributed by atoms with Gasteiger partial charge in [-0.1, -0.05) is 42.5 Å². The summed E-state index contributed by atoms with van der Waals surface area (Å²) < 4.78 is 7.80. The minimum atomic E-state index is 0.500. The van der Waals surface area contributed by atoms with Crippen LogP contribution in [-0.4, -0.2) is 31.0 Å². The summed E-state index contributed by atoms with van der Waals surface area (Å²) in [5, 5.41) is 8.95. The highest BCUT2D eigenvalue weighted by atomic mass is 32.2. The number of rotatable bonds is 8. The van der Waals surface area contributed by atoms with Crippen LogP contribution >= 0.6 is 11.8 Å². The van der Waals surface area contributed by atoms with Gasteiger partial charge in [-0.3, -0.25) is 0 Å². The SMILES string of the molecule is CSc1nn(-c2ccccn2)c(C)c1-c1ccnc(Nc2cccc(OCc3ccccc3)c2)n1. The lowest BCUT2D eigenvalue weighted by atomic mass is 10.2. The molecule has 35 heavy (non-hydrogen) atoms. The average Bonchev–Trinajstić information content (AvgIpc) is 3.25. The van der Waals surface area contributed by atoms with Crippen LogP contribution in [0, 0.1) is 6.92 Å². The van der Waals surface area contributed by atoms with Crippen LogP contribution in [0.4, 0.5) is 11.6 Å². The molecule has 0 aliphatic rings. The van der Waals surface area contributed by atoms with Gasteiger partial charge in [0.05, 0.1) is 17.0 Å². The summed E-state index contributed by atoms with van der Waals surface area (Å²) in [5.41, 5.74) is 4.69. The molecule has 5 rings (SSSR count). The van der Waals surface area contributed by atoms with Crippen molar-refractivity contribution in [2.45, 2.75) is 18.6 Å². The first-order valence-electron chi connectivity index (χ1n) is 11.1. The van der Waals surface area contributed by atoms with Gasteiger partial charge in [0.2, 0.25) is 5.95 Å². The molecule has 0 saturated carbocycles. The van der Waals surface area contributed by atoms with Crippen LogP contribution in [0.3, 0.4) is 0 Å². The number of nitrogens with zero attached hydrogens (tertiary/aromatic N) is 5. The van der Waals surface area contributed by atoms with Crippen molar-refractivity contribution in [1.82, 2.24) is 24.7 Å². The zero-order chi connectivity index (χ0) is 24.0. The maximum Gasteiger partial charge on any atom is 0.227 e. The van der Waals surface area contributed by atoms with E-state index in [4.69, 9.17) is 14.8 Å². The van der Waals surface area contributed by atoms with Gasteiger partial charge in [-0.2, -0.15) is 5.10 Å². The molecular formula is C27H24N6OS. The predicted molar refractivity (Wildman–Crippen MR) is 139 cm³/mol. The smallest absolute Gasteiger partial charge is 0.227 e. The second-order valence-corrected chi connectivity index (χ2v) is 8.56. The highest BCUT2D eigenvalue weighted by Gasteiger charge is 2.19. The Hall–Kier alpha value is -4.17. The molecule has 3 heterocycles. The van der Waals surface area contributed by atoms with Crippen LogP contribution in [0.5, 0.6) is 5.75 Å². The Balaban J connectivity index is 1.38. The molecule has 1 N–H and O–H groups in total. The van der Waals surface area contributed by atoms with Gasteiger partial charge in [0, 0.05) is 24.1 Å². The van der Waals surface area contributed by atoms with Crippen molar-refractivity contribution in [3.05, 3.63) is 103 Å². The van der Waals surface area contributed by atoms with Crippen molar-refractivity contribution in [3.63, 3.8) is 0 Å². The summed E-state index contributed by atoms with van der Waals surface area (Å²) in [4.78, 5) is 13.7. The van der Waals surface area contributed by atoms with E-state index in [2.05, 4.69) is 15.3 Å². The molecule has 0 amide bonds. The Morgan fingerprint density at radius 1 is 0.914 bits per heavy atom. The van der Waals surface area contributed by atoms with Crippen LogP contribution in [0.1, 0.15) is 11.3 Å². The molecule has 0 bridgehead atoms. The Bertz CT molecular complexity index is 1420. The Morgan fingerprint density at radius 3 is 2.57 bits per heavy atom. The van der Waals surface area contributed by atoms with E-state index in [-0.39, 0.29) is 0 Å². The summed E-state index contributed by atoms with van der Waals surface area (Å²) in [5.74, 6) is 2.04. The van der Waals surface area contributed by atoms with Gasteiger partial charge in [0.25, 0.3) is 0 Å². The molecule has 0 radical (unpaired) electrons. The second-order valence-electron chi connectivity index (χ2n) is 7.76. The molecule has 7 nitrogen and oxygen atoms in total. The minimum absolute atomic E-state index is 0.500. The molecule has 2 aromatic carbocycles. The quantitative estimate of drug-likeness (QED) is 0.270. The van der Waals surface area contributed by atoms with E-state index in [0.717, 1.165) is 44.8 Å². The Morgan fingerprint density at radius 2 is 1.77 bits per heavy atom. The number of benzene rings is 2. The molecule has 5 aromatic rings. The topological polar surface area (TPSA) is 77.8 Å². The van der Waals surface area contributed by atoms with Gasteiger partial charge in [-0.25, -0.2) is 19.6 Å². The van der Waals surface area contributed by atoms with Gasteiger partial charge >= 0.3 is 0 Å². The van der Waals surface area contributed by atoms with Gasteiger partial charge in [0.1, 0.15) is 17.4 Å². The fraction of sp³-hybridized carbons (Fsp3) is 0.111. The predicted octanol–water partition coefficient (Wildman–Crippen LogP) is 6.08. The van der Waals surface area contributed by atoms with Crippen LogP contribution in [0.2, 0.25) is 0 Å². The van der Waals surface area contributed by atoms with Crippen molar-refractivity contribution in [2.75, 3.05) is 11.6 Å². The number of hydrogen-bond acceptors (Lipinski definition) is 7. The van der Waals surface area contributed by atoms with E-state index in [1.54, 1.807) is 24.2 Å². The van der Waals surface area contributed by atoms with E-state index in [1.807, 2.05) is 96.7 Å². The van der Waals surface area contributed by atoms with E-state index in [9.17, 15) is 0 Å². The molecule has 0 unspecified atom stereocenters. The van der Waals surface area contributed by atoms with Crippen LogP contribution < -0.4 is 10.1 Å². The number of ether oxygens (including phenoxy) is 1. The van der Waals surface area contributed by atoms with Crippen LogP contribution in [0.15, 0.2) is 96.3 Å². The lowest BCUT2D eigenvalue weighted by molar-refractivity contribution is 0.306. The highest BCUT2D eigenvalue weighted by Crippen LogP contribution is 2.33. The van der Waals surface area contributed by atoms with E-state index in [0.29, 0.717) is 12.6 Å². The third-order valence-corrected chi connectivity index (χ3v) is 6.07. The molecule has 0 aliphatic carbocycles. The molecule has 8 heteroatoms. The van der Waals surface area contributed by atoms with E-state index < -0.39 is 0 Å². The molecular weight excluding hydrogens is 456 g/mol. The summed E-state index contributed by atoms with van der Waals surface area (Å²) >= 11 is 1.58. The molecule has 0 atom stereocenters. The second kappa shape index (κ2) is 10.4. The maximum absolute atomic E-state index is 5.95. The number of nitrogens with one attached hydrogen (secondary N) is 1. The first kappa shape index (κ1) is 22.6. The zero-order valence-corrected chi connectivity index (χ0v) is 20.2. The Kier molecular flexibility index (Phi) is 6.72. The van der Waals surface area contributed by atoms with Crippen molar-refractivity contribution in [2.24, 2.45) is 0 Å². The third kappa shape index (κ3) is 5.17. The fourth-order valence-corrected chi connectivity index (χ4v) is 4.33. The van der Waals surface area contributed by atoms with E-state index in [1.165, 1.54) is 0 Å². The monoisotopic (exact) mass is 480 g/mol. The lowest BCUT2D eigenvalue weighted by Gasteiger charge is -2.10. The van der Waals surface area contributed by atoms with Crippen molar-refractivity contribution in [1.29, 1.82) is 0 Å². The highest BCUT2D eigenvalue weighted by molar-refractivity contribution is 7.98. The van der Waals surface area contributed by atoms with Crippen molar-refractivity contribution < 1.29 is 4.74 Å². The minimum Gasteiger partial charge on any atom is -0.489 e. The first-order chi connectivity index (χ1) is 17.2. The lowest BCUT2D eigenvalue weighted by Crippen LogP contribution is -2.02. The first-order valence-corrected chi connectivity index (χ1v) is 12.4. The van der Waals surface area contributed by atoms with Crippen molar-refractivity contribution in [3.8, 4) is 22.8 Å². The number of pyridine rings is 1. The number of aromatic nitrogens is 5. The molecule has 174 valence electrons. The molecule has 0 saturated heterocycles. The van der Waals surface area contributed by atoms with E-state index >= 15 is 0 Å². The fourth-order valence-electron chi connectivity index (χ4n) is 3.71. The largest absolute Gasteiger partial charge is 0.489 e. The standard InChI is InChI=1S/C27H24N6OS/c1-19-25(26(35-2)32-33(19)24-13-6-7-15-28-24)23-14-16-29-27(31-23)30-21-11-8-12-22(17-21)34-18-20-9-4-3-5-10-20/h3-17H,18H2,1-2H3,(H,29,30,31). The van der Waals surface area contributed by atoms with Gasteiger partial charge in [-0.15, -0.1) is 11.8 Å². The van der Waals surface area contributed by atoms with Crippen LogP contribution in [0.25, 0.3) is 17.1 Å². The normalized spacial score (nSPS) is 10.8. The number of thioether (sulfide) groups is 1. The molecule has 0 fully saturated rings. The summed E-state index contributed by atoms with van der Waals surface area (Å²) in [6.45, 7) is 2.53. The van der Waals surface area contributed by atoms with Gasteiger partial charge in [0.15, 0.2) is 5.82 Å². The zero-order valence-electron chi connectivity index (χ0n) is 19.4. The molecule has 3 aromatic heterocycles. The summed E-state index contributed by atoms with van der Waals surface area (Å²) in [6.07, 6.45) is 5.52. The Labute approximate surface area is 208 Å². The summed E-state index contributed by atoms with van der Waals surface area (Å²) in [6, 6.07) is 25.6. The average molecular weight is 481 g/mol. The van der Waals surface area contributed by atoms with Crippen molar-refractivity contribution >= 4 is 23.4 Å². The maximum atomic E-state index is 5.95. The molecule has 0 spiro atoms. The van der Waals surface area contributed by atoms with Gasteiger partial charge in [-0.05, 0) is 49.1 Å². The van der Waals surface area contributed by atoms with Crippen LogP contribution in [-0.2, 0) is 6.61 Å². The number of anilines is 2. The molecule has 0 aliphatic heterocycles. The number of hydrogen-bond donors (Lipinski definition) is 1. The summed E-state index contributed by atoms with van der Waals surface area (Å²) in [7, 11) is 0. The third-order valence-electron chi connectivity index (χ3n) is 5.39.